The number of pyridine rings is 1. The molecule has 2 aromatic heterocycles. The lowest BCUT2D eigenvalue weighted by Gasteiger charge is -2.34. The van der Waals surface area contributed by atoms with Gasteiger partial charge >= 0.3 is 0 Å². The van der Waals surface area contributed by atoms with Gasteiger partial charge in [0.1, 0.15) is 0 Å². The van der Waals surface area contributed by atoms with E-state index >= 15 is 0 Å². The third-order valence-electron chi connectivity index (χ3n) is 6.97. The number of piperidine rings is 1. The van der Waals surface area contributed by atoms with Crippen molar-refractivity contribution in [2.45, 2.75) is 45.1 Å². The molecular formula is C29H32N4O3S2. The Bertz CT molecular complexity index is 1530. The maximum atomic E-state index is 13.8. The molecular weight excluding hydrogens is 516 g/mol. The van der Waals surface area contributed by atoms with Crippen LogP contribution < -0.4 is 4.90 Å². The lowest BCUT2D eigenvalue weighted by Crippen LogP contribution is -2.42. The summed E-state index contributed by atoms with van der Waals surface area (Å²) in [6.45, 7) is 7.55. The fourth-order valence-corrected chi connectivity index (χ4v) is 7.84. The molecule has 1 saturated heterocycles. The Labute approximate surface area is 228 Å². The molecule has 1 amide bonds. The maximum absolute atomic E-state index is 13.8. The van der Waals surface area contributed by atoms with Crippen LogP contribution in [0.25, 0.3) is 10.2 Å². The molecule has 198 valence electrons. The van der Waals surface area contributed by atoms with Gasteiger partial charge in [0.05, 0.1) is 27.4 Å². The third kappa shape index (κ3) is 5.36. The summed E-state index contributed by atoms with van der Waals surface area (Å²) in [5.74, 6) is 0.380. The number of thiazole rings is 1. The van der Waals surface area contributed by atoms with Crippen LogP contribution in [0.3, 0.4) is 0 Å². The van der Waals surface area contributed by atoms with E-state index in [9.17, 15) is 13.2 Å². The standard InChI is InChI=1S/C29H32N4O3S2/c1-4-22-8-7-10-26-27(22)31-29(37-26)33(19-24-9-5-6-15-30-24)28(34)23-11-13-25(14-12-23)38(35,36)32-17-20(2)16-21(3)18-32/h5-15,20-21H,4,16-19H2,1-3H3. The molecule has 1 aliphatic rings. The molecule has 2 unspecified atom stereocenters. The third-order valence-corrected chi connectivity index (χ3v) is 9.86. The summed E-state index contributed by atoms with van der Waals surface area (Å²) in [6.07, 6.45) is 3.57. The summed E-state index contributed by atoms with van der Waals surface area (Å²) in [5, 5.41) is 0.588. The number of amides is 1. The second-order valence-electron chi connectivity index (χ2n) is 10.1. The first-order valence-corrected chi connectivity index (χ1v) is 15.2. The van der Waals surface area contributed by atoms with Crippen LogP contribution in [0.5, 0.6) is 0 Å². The monoisotopic (exact) mass is 548 g/mol. The highest BCUT2D eigenvalue weighted by Crippen LogP contribution is 2.33. The van der Waals surface area contributed by atoms with Crippen LogP contribution in [0.2, 0.25) is 0 Å². The molecule has 3 heterocycles. The van der Waals surface area contributed by atoms with Gasteiger partial charge in [0, 0.05) is 24.8 Å². The Kier molecular flexibility index (Phi) is 7.61. The summed E-state index contributed by atoms with van der Waals surface area (Å²) in [5.41, 5.74) is 3.17. The van der Waals surface area contributed by atoms with Crippen molar-refractivity contribution in [2.24, 2.45) is 11.8 Å². The van der Waals surface area contributed by atoms with Crippen LogP contribution in [-0.4, -0.2) is 41.7 Å². The van der Waals surface area contributed by atoms with Gasteiger partial charge in [-0.15, -0.1) is 0 Å². The Balaban J connectivity index is 1.47. The number of sulfonamides is 1. The van der Waals surface area contributed by atoms with E-state index in [-0.39, 0.29) is 17.3 Å². The van der Waals surface area contributed by atoms with E-state index in [1.807, 2.05) is 30.3 Å². The fraction of sp³-hybridized carbons (Fsp3) is 0.345. The zero-order chi connectivity index (χ0) is 26.9. The van der Waals surface area contributed by atoms with Gasteiger partial charge in [-0.3, -0.25) is 14.7 Å². The first-order chi connectivity index (χ1) is 18.3. The number of hydrogen-bond donors (Lipinski definition) is 0. The highest BCUT2D eigenvalue weighted by Gasteiger charge is 2.32. The summed E-state index contributed by atoms with van der Waals surface area (Å²) < 4.78 is 29.2. The predicted octanol–water partition coefficient (Wildman–Crippen LogP) is 5.77. The Morgan fingerprint density at radius 1 is 1.03 bits per heavy atom. The predicted molar refractivity (Wildman–Crippen MR) is 152 cm³/mol. The van der Waals surface area contributed by atoms with Gasteiger partial charge < -0.3 is 0 Å². The second kappa shape index (κ2) is 10.9. The molecule has 5 rings (SSSR count). The minimum atomic E-state index is -3.63. The summed E-state index contributed by atoms with van der Waals surface area (Å²) in [7, 11) is -3.63. The van der Waals surface area contributed by atoms with Crippen LogP contribution in [0.1, 0.15) is 48.8 Å². The van der Waals surface area contributed by atoms with Crippen LogP contribution in [0.15, 0.2) is 71.8 Å². The molecule has 9 heteroatoms. The summed E-state index contributed by atoms with van der Waals surface area (Å²) >= 11 is 1.47. The van der Waals surface area contributed by atoms with E-state index in [4.69, 9.17) is 4.98 Å². The van der Waals surface area contributed by atoms with E-state index in [0.29, 0.717) is 35.6 Å². The van der Waals surface area contributed by atoms with Crippen molar-refractivity contribution in [3.05, 3.63) is 83.7 Å². The molecule has 0 radical (unpaired) electrons. The minimum absolute atomic E-state index is 0.208. The lowest BCUT2D eigenvalue weighted by molar-refractivity contribution is 0.0984. The zero-order valence-electron chi connectivity index (χ0n) is 21.9. The smallest absolute Gasteiger partial charge is 0.260 e. The van der Waals surface area contributed by atoms with E-state index in [1.165, 1.54) is 11.3 Å². The number of nitrogens with zero attached hydrogens (tertiary/aromatic N) is 4. The molecule has 38 heavy (non-hydrogen) atoms. The number of aryl methyl sites for hydroxylation is 1. The average Bonchev–Trinajstić information content (AvgIpc) is 3.36. The molecule has 2 atom stereocenters. The number of rotatable bonds is 7. The van der Waals surface area contributed by atoms with Gasteiger partial charge in [0.2, 0.25) is 10.0 Å². The van der Waals surface area contributed by atoms with Gasteiger partial charge in [-0.2, -0.15) is 4.31 Å². The maximum Gasteiger partial charge on any atom is 0.260 e. The van der Waals surface area contributed by atoms with Gasteiger partial charge in [-0.25, -0.2) is 13.4 Å². The Morgan fingerprint density at radius 3 is 2.42 bits per heavy atom. The normalized spacial score (nSPS) is 18.5. The van der Waals surface area contributed by atoms with Crippen LogP contribution in [0.4, 0.5) is 5.13 Å². The molecule has 0 saturated carbocycles. The number of para-hydroxylation sites is 1. The SMILES string of the molecule is CCc1cccc2sc(N(Cc3ccccn3)C(=O)c3ccc(S(=O)(=O)N4CC(C)CC(C)C4)cc3)nc12. The number of fused-ring (bicyclic) bond motifs is 1. The lowest BCUT2D eigenvalue weighted by atomic mass is 9.94. The molecule has 2 aromatic carbocycles. The molecule has 7 nitrogen and oxygen atoms in total. The number of benzene rings is 2. The first kappa shape index (κ1) is 26.5. The largest absolute Gasteiger partial charge is 0.278 e. The average molecular weight is 549 g/mol. The topological polar surface area (TPSA) is 83.5 Å². The molecule has 1 aliphatic heterocycles. The molecule has 4 aromatic rings. The highest BCUT2D eigenvalue weighted by molar-refractivity contribution is 7.89. The number of carbonyl (C=O) groups is 1. The molecule has 0 N–H and O–H groups in total. The van der Waals surface area contributed by atoms with Crippen molar-refractivity contribution in [3.8, 4) is 0 Å². The van der Waals surface area contributed by atoms with E-state index in [0.717, 1.165) is 34.3 Å². The fourth-order valence-electron chi connectivity index (χ4n) is 5.15. The minimum Gasteiger partial charge on any atom is -0.278 e. The number of carbonyl (C=O) groups excluding carboxylic acids is 1. The Morgan fingerprint density at radius 2 is 1.76 bits per heavy atom. The summed E-state index contributed by atoms with van der Waals surface area (Å²) in [6, 6.07) is 18.0. The van der Waals surface area contributed by atoms with Crippen LogP contribution >= 0.6 is 11.3 Å². The molecule has 0 aliphatic carbocycles. The second-order valence-corrected chi connectivity index (χ2v) is 13.1. The van der Waals surface area contributed by atoms with Crippen molar-refractivity contribution < 1.29 is 13.2 Å². The van der Waals surface area contributed by atoms with Crippen LogP contribution in [-0.2, 0) is 23.0 Å². The first-order valence-electron chi connectivity index (χ1n) is 13.0. The zero-order valence-corrected chi connectivity index (χ0v) is 23.5. The van der Waals surface area contributed by atoms with Crippen molar-refractivity contribution in [1.29, 1.82) is 0 Å². The van der Waals surface area contributed by atoms with Crippen molar-refractivity contribution in [2.75, 3.05) is 18.0 Å². The summed E-state index contributed by atoms with van der Waals surface area (Å²) in [4.78, 5) is 24.9. The van der Waals surface area contributed by atoms with E-state index < -0.39 is 10.0 Å². The van der Waals surface area contributed by atoms with Gasteiger partial charge in [-0.1, -0.05) is 50.3 Å². The molecule has 0 spiro atoms. The van der Waals surface area contributed by atoms with Gasteiger partial charge in [0.15, 0.2) is 5.13 Å². The van der Waals surface area contributed by atoms with Crippen molar-refractivity contribution in [1.82, 2.24) is 14.3 Å². The van der Waals surface area contributed by atoms with E-state index in [2.05, 4.69) is 31.8 Å². The van der Waals surface area contributed by atoms with Crippen molar-refractivity contribution in [3.63, 3.8) is 0 Å². The van der Waals surface area contributed by atoms with Gasteiger partial charge in [0.25, 0.3) is 5.91 Å². The Hall–Kier alpha value is -3.14. The quantitative estimate of drug-likeness (QED) is 0.293. The molecule has 1 fully saturated rings. The number of hydrogen-bond acceptors (Lipinski definition) is 6. The van der Waals surface area contributed by atoms with E-state index in [1.54, 1.807) is 39.7 Å². The number of aromatic nitrogens is 2. The number of anilines is 1. The highest BCUT2D eigenvalue weighted by atomic mass is 32.2. The van der Waals surface area contributed by atoms with Gasteiger partial charge in [-0.05, 0) is 72.7 Å². The molecule has 0 bridgehead atoms. The van der Waals surface area contributed by atoms with Crippen LogP contribution in [0, 0.1) is 11.8 Å². The van der Waals surface area contributed by atoms with Crippen molar-refractivity contribution >= 4 is 42.6 Å².